The molecule has 0 radical (unpaired) electrons. The second-order valence-electron chi connectivity index (χ2n) is 8.23. The second-order valence-corrected chi connectivity index (χ2v) is 8.23. The summed E-state index contributed by atoms with van der Waals surface area (Å²) in [6, 6.07) is 13.9. The van der Waals surface area contributed by atoms with E-state index in [1.165, 1.54) is 0 Å². The summed E-state index contributed by atoms with van der Waals surface area (Å²) < 4.78 is 2.19. The average molecular weight is 442 g/mol. The zero-order valence-corrected chi connectivity index (χ0v) is 19.2. The lowest BCUT2D eigenvalue weighted by Crippen LogP contribution is -2.15. The normalized spacial score (nSPS) is 11.2. The fraction of sp³-hybridized carbons (Fsp3) is 0.231. The van der Waals surface area contributed by atoms with Crippen molar-refractivity contribution >= 4 is 29.3 Å². The summed E-state index contributed by atoms with van der Waals surface area (Å²) in [5.41, 5.74) is 4.35. The lowest BCUT2D eigenvalue weighted by molar-refractivity contribution is -0.112. The van der Waals surface area contributed by atoms with Gasteiger partial charge in [0, 0.05) is 47.3 Å². The molecule has 0 saturated heterocycles. The Hall–Kier alpha value is -4.18. The van der Waals surface area contributed by atoms with Crippen molar-refractivity contribution in [2.75, 3.05) is 10.6 Å². The lowest BCUT2D eigenvalue weighted by atomic mass is 10.1. The number of hydrogen-bond acceptors (Lipinski definition) is 4. The number of nitrogens with zero attached hydrogens (tertiary/aromatic N) is 3. The summed E-state index contributed by atoms with van der Waals surface area (Å²) in [6.07, 6.45) is 4.78. The van der Waals surface area contributed by atoms with Crippen LogP contribution in [0.25, 0.3) is 6.08 Å². The van der Waals surface area contributed by atoms with Gasteiger partial charge in [-0.25, -0.2) is 0 Å². The number of hydrogen-bond donors (Lipinski definition) is 2. The molecule has 2 N–H and O–H groups in total. The molecule has 2 heterocycles. The van der Waals surface area contributed by atoms with Gasteiger partial charge in [0.15, 0.2) is 0 Å². The molecule has 0 unspecified atom stereocenters. The van der Waals surface area contributed by atoms with E-state index in [1.807, 2.05) is 26.0 Å². The van der Waals surface area contributed by atoms with Gasteiger partial charge in [0.1, 0.15) is 11.6 Å². The second kappa shape index (κ2) is 10.4. The zero-order valence-electron chi connectivity index (χ0n) is 19.2. The van der Waals surface area contributed by atoms with Crippen molar-refractivity contribution < 1.29 is 9.59 Å². The maximum absolute atomic E-state index is 12.8. The third-order valence-electron chi connectivity index (χ3n) is 5.15. The minimum Gasteiger partial charge on any atom is -0.348 e. The van der Waals surface area contributed by atoms with Crippen LogP contribution in [-0.4, -0.2) is 21.4 Å². The third kappa shape index (κ3) is 5.95. The van der Waals surface area contributed by atoms with Crippen molar-refractivity contribution in [1.29, 1.82) is 5.26 Å². The number of carbonyl (C=O) groups is 2. The predicted octanol–water partition coefficient (Wildman–Crippen LogP) is 4.95. The summed E-state index contributed by atoms with van der Waals surface area (Å²) in [6.45, 7) is 9.16. The molecule has 168 valence electrons. The Balaban J connectivity index is 1.77. The largest absolute Gasteiger partial charge is 0.348 e. The van der Waals surface area contributed by atoms with Crippen LogP contribution in [0.1, 0.15) is 41.2 Å². The van der Waals surface area contributed by atoms with E-state index in [-0.39, 0.29) is 11.5 Å². The van der Waals surface area contributed by atoms with E-state index >= 15 is 0 Å². The summed E-state index contributed by atoms with van der Waals surface area (Å²) in [4.78, 5) is 29.2. The number of nitrogens with one attached hydrogen (secondary N) is 2. The molecular weight excluding hydrogens is 414 g/mol. The number of aromatic nitrogens is 2. The minimum atomic E-state index is -0.530. The van der Waals surface area contributed by atoms with Gasteiger partial charge in [-0.15, -0.1) is 0 Å². The van der Waals surface area contributed by atoms with Gasteiger partial charge >= 0.3 is 0 Å². The number of aryl methyl sites for hydroxylation is 1. The van der Waals surface area contributed by atoms with E-state index in [0.717, 1.165) is 23.5 Å². The zero-order chi connectivity index (χ0) is 24.0. The first-order valence-corrected chi connectivity index (χ1v) is 10.7. The molecule has 0 spiro atoms. The van der Waals surface area contributed by atoms with Crippen molar-refractivity contribution in [2.45, 2.75) is 34.2 Å². The molecule has 0 atom stereocenters. The van der Waals surface area contributed by atoms with E-state index in [0.29, 0.717) is 22.9 Å². The molecule has 0 saturated carbocycles. The molecule has 3 rings (SSSR count). The quantitative estimate of drug-likeness (QED) is 0.400. The standard InChI is InChI=1S/C26H27N5O2/c1-17(2)16-31-18(3)12-21(19(31)4)13-22(15-27)26(33)30-24-7-5-6-20(14-24)25(32)29-23-8-10-28-11-9-23/h5-14,17H,16H2,1-4H3,(H,30,33)(H,28,29,32)/b22-13+. The highest BCUT2D eigenvalue weighted by Crippen LogP contribution is 2.21. The van der Waals surface area contributed by atoms with Crippen molar-refractivity contribution in [3.8, 4) is 6.07 Å². The van der Waals surface area contributed by atoms with Crippen LogP contribution in [0.3, 0.4) is 0 Å². The summed E-state index contributed by atoms with van der Waals surface area (Å²) >= 11 is 0. The smallest absolute Gasteiger partial charge is 0.266 e. The Morgan fingerprint density at radius 2 is 1.82 bits per heavy atom. The molecular formula is C26H27N5O2. The van der Waals surface area contributed by atoms with Gasteiger partial charge in [-0.3, -0.25) is 14.6 Å². The van der Waals surface area contributed by atoms with Gasteiger partial charge in [-0.2, -0.15) is 5.26 Å². The number of amides is 2. The van der Waals surface area contributed by atoms with Crippen LogP contribution in [0.4, 0.5) is 11.4 Å². The summed E-state index contributed by atoms with van der Waals surface area (Å²) in [5.74, 6) is -0.364. The first-order chi connectivity index (χ1) is 15.8. The van der Waals surface area contributed by atoms with Crippen molar-refractivity contribution in [3.63, 3.8) is 0 Å². The van der Waals surface area contributed by atoms with Crippen LogP contribution in [0, 0.1) is 31.1 Å². The molecule has 7 nitrogen and oxygen atoms in total. The van der Waals surface area contributed by atoms with Crippen LogP contribution < -0.4 is 10.6 Å². The van der Waals surface area contributed by atoms with Crippen molar-refractivity contribution in [2.24, 2.45) is 5.92 Å². The molecule has 0 fully saturated rings. The number of pyridine rings is 1. The number of nitriles is 1. The number of benzene rings is 1. The van der Waals surface area contributed by atoms with Crippen LogP contribution in [-0.2, 0) is 11.3 Å². The Kier molecular flexibility index (Phi) is 7.42. The molecule has 2 amide bonds. The fourth-order valence-electron chi connectivity index (χ4n) is 3.50. The van der Waals surface area contributed by atoms with Gasteiger partial charge in [-0.1, -0.05) is 19.9 Å². The van der Waals surface area contributed by atoms with Crippen LogP contribution in [0.5, 0.6) is 0 Å². The van der Waals surface area contributed by atoms with Gasteiger partial charge in [-0.05, 0) is 67.8 Å². The third-order valence-corrected chi connectivity index (χ3v) is 5.15. The molecule has 0 aliphatic heterocycles. The molecule has 0 aliphatic carbocycles. The van der Waals surface area contributed by atoms with Crippen molar-refractivity contribution in [1.82, 2.24) is 9.55 Å². The Labute approximate surface area is 193 Å². The van der Waals surface area contributed by atoms with E-state index in [4.69, 9.17) is 0 Å². The molecule has 3 aromatic rings. The molecule has 2 aromatic heterocycles. The highest BCUT2D eigenvalue weighted by atomic mass is 16.2. The fourth-order valence-corrected chi connectivity index (χ4v) is 3.50. The number of anilines is 2. The van der Waals surface area contributed by atoms with Crippen molar-refractivity contribution in [3.05, 3.63) is 82.9 Å². The Bertz CT molecular complexity index is 1230. The Morgan fingerprint density at radius 1 is 1.09 bits per heavy atom. The van der Waals surface area contributed by atoms with Crippen LogP contribution in [0.2, 0.25) is 0 Å². The van der Waals surface area contributed by atoms with E-state index in [2.05, 4.69) is 34.0 Å². The maximum Gasteiger partial charge on any atom is 0.266 e. The Morgan fingerprint density at radius 3 is 2.48 bits per heavy atom. The molecule has 0 bridgehead atoms. The summed E-state index contributed by atoms with van der Waals surface area (Å²) in [5, 5.41) is 15.1. The van der Waals surface area contributed by atoms with E-state index in [9.17, 15) is 14.9 Å². The minimum absolute atomic E-state index is 0.00793. The molecule has 0 aliphatic rings. The highest BCUT2D eigenvalue weighted by Gasteiger charge is 2.15. The van der Waals surface area contributed by atoms with Gasteiger partial charge in [0.05, 0.1) is 0 Å². The van der Waals surface area contributed by atoms with E-state index in [1.54, 1.807) is 54.9 Å². The average Bonchev–Trinajstić information content (AvgIpc) is 3.05. The van der Waals surface area contributed by atoms with Gasteiger partial charge in [0.2, 0.25) is 0 Å². The maximum atomic E-state index is 12.8. The SMILES string of the molecule is Cc1cc(/C=C(\C#N)C(=O)Nc2cccc(C(=O)Nc3ccncc3)c2)c(C)n1CC(C)C. The van der Waals surface area contributed by atoms with Gasteiger partial charge in [0.25, 0.3) is 11.8 Å². The van der Waals surface area contributed by atoms with Crippen LogP contribution >= 0.6 is 0 Å². The molecule has 33 heavy (non-hydrogen) atoms. The number of rotatable bonds is 7. The molecule has 7 heteroatoms. The van der Waals surface area contributed by atoms with Crippen LogP contribution in [0.15, 0.2) is 60.4 Å². The van der Waals surface area contributed by atoms with E-state index < -0.39 is 5.91 Å². The van der Waals surface area contributed by atoms with Gasteiger partial charge < -0.3 is 15.2 Å². The topological polar surface area (TPSA) is 99.8 Å². The first-order valence-electron chi connectivity index (χ1n) is 10.7. The summed E-state index contributed by atoms with van der Waals surface area (Å²) in [7, 11) is 0. The number of carbonyl (C=O) groups excluding carboxylic acids is 2. The first kappa shape index (κ1) is 23.5. The highest BCUT2D eigenvalue weighted by molar-refractivity contribution is 6.10. The lowest BCUT2D eigenvalue weighted by Gasteiger charge is -2.12. The monoisotopic (exact) mass is 441 g/mol. The molecule has 1 aromatic carbocycles. The predicted molar refractivity (Wildman–Crippen MR) is 130 cm³/mol.